The molecular formula is C52H35N3OS. The van der Waals surface area contributed by atoms with Crippen LogP contribution in [0.25, 0.3) is 104 Å². The molecule has 4 nitrogen and oxygen atoms in total. The van der Waals surface area contributed by atoms with Gasteiger partial charge in [-0.1, -0.05) is 153 Å². The lowest BCUT2D eigenvalue weighted by Crippen LogP contribution is -2.00. The summed E-state index contributed by atoms with van der Waals surface area (Å²) in [5.41, 5.74) is 11.7. The number of fused-ring (bicyclic) bond motifs is 6. The first-order chi connectivity index (χ1) is 28.1. The molecule has 10 aromatic rings. The van der Waals surface area contributed by atoms with Crippen molar-refractivity contribution in [2.45, 2.75) is 13.3 Å². The van der Waals surface area contributed by atoms with Crippen LogP contribution in [-0.4, -0.2) is 15.0 Å². The normalized spacial score (nSPS) is 14.2. The lowest BCUT2D eigenvalue weighted by molar-refractivity contribution is 0.669. The number of nitrogens with zero attached hydrogens (tertiary/aromatic N) is 3. The van der Waals surface area contributed by atoms with Crippen LogP contribution in [0.5, 0.6) is 0 Å². The zero-order valence-corrected chi connectivity index (χ0v) is 32.0. The van der Waals surface area contributed by atoms with Gasteiger partial charge in [-0.2, -0.15) is 0 Å². The number of para-hydroxylation sites is 1. The van der Waals surface area contributed by atoms with Crippen molar-refractivity contribution in [3.8, 4) is 56.4 Å². The van der Waals surface area contributed by atoms with Gasteiger partial charge in [-0.3, -0.25) is 0 Å². The van der Waals surface area contributed by atoms with E-state index in [9.17, 15) is 0 Å². The van der Waals surface area contributed by atoms with Crippen molar-refractivity contribution in [2.24, 2.45) is 5.92 Å². The van der Waals surface area contributed by atoms with Crippen molar-refractivity contribution in [1.82, 2.24) is 15.0 Å². The van der Waals surface area contributed by atoms with Crippen LogP contribution in [0, 0.1) is 5.92 Å². The van der Waals surface area contributed by atoms with E-state index in [-0.39, 0.29) is 0 Å². The summed E-state index contributed by atoms with van der Waals surface area (Å²) in [5.74, 6) is 2.31. The van der Waals surface area contributed by atoms with Crippen LogP contribution < -0.4 is 0 Å². The van der Waals surface area contributed by atoms with Crippen LogP contribution in [0.15, 0.2) is 180 Å². The van der Waals surface area contributed by atoms with E-state index in [0.717, 1.165) is 56.2 Å². The molecular weight excluding hydrogens is 715 g/mol. The molecule has 1 aliphatic rings. The lowest BCUT2D eigenvalue weighted by atomic mass is 9.88. The van der Waals surface area contributed by atoms with Crippen molar-refractivity contribution in [3.05, 3.63) is 182 Å². The predicted octanol–water partition coefficient (Wildman–Crippen LogP) is 14.5. The summed E-state index contributed by atoms with van der Waals surface area (Å²) >= 11 is 1.87. The monoisotopic (exact) mass is 749 g/mol. The molecule has 3 aromatic heterocycles. The molecule has 0 aliphatic heterocycles. The molecule has 0 saturated carbocycles. The van der Waals surface area contributed by atoms with E-state index in [0.29, 0.717) is 23.4 Å². The van der Waals surface area contributed by atoms with Gasteiger partial charge in [-0.05, 0) is 76.1 Å². The summed E-state index contributed by atoms with van der Waals surface area (Å²) in [4.78, 5) is 15.1. The van der Waals surface area contributed by atoms with Gasteiger partial charge in [0.05, 0.1) is 5.56 Å². The van der Waals surface area contributed by atoms with Gasteiger partial charge in [0.25, 0.3) is 0 Å². The maximum absolute atomic E-state index is 6.70. The minimum absolute atomic E-state index is 0.519. The molecule has 0 unspecified atom stereocenters. The Labute approximate surface area is 334 Å². The molecule has 5 heteroatoms. The molecule has 1 atom stereocenters. The summed E-state index contributed by atoms with van der Waals surface area (Å²) in [5, 5.41) is 4.67. The van der Waals surface area contributed by atoms with Crippen LogP contribution in [0.1, 0.15) is 18.9 Å². The Morgan fingerprint density at radius 3 is 1.95 bits per heavy atom. The van der Waals surface area contributed by atoms with E-state index in [1.54, 1.807) is 0 Å². The predicted molar refractivity (Wildman–Crippen MR) is 238 cm³/mol. The fourth-order valence-electron chi connectivity index (χ4n) is 8.30. The second-order valence-corrected chi connectivity index (χ2v) is 15.9. The van der Waals surface area contributed by atoms with E-state index in [1.165, 1.54) is 42.4 Å². The van der Waals surface area contributed by atoms with Gasteiger partial charge < -0.3 is 4.42 Å². The third-order valence-corrected chi connectivity index (χ3v) is 12.3. The molecule has 0 bridgehead atoms. The van der Waals surface area contributed by atoms with Gasteiger partial charge in [-0.25, -0.2) is 15.0 Å². The highest BCUT2D eigenvalue weighted by Crippen LogP contribution is 2.44. The van der Waals surface area contributed by atoms with E-state index in [4.69, 9.17) is 19.4 Å². The summed E-state index contributed by atoms with van der Waals surface area (Å²) in [6, 6.07) is 55.4. The average Bonchev–Trinajstić information content (AvgIpc) is 3.85. The molecule has 270 valence electrons. The fourth-order valence-corrected chi connectivity index (χ4v) is 9.47. The standard InChI is InChI=1S/C52H35N3OS/c1-32-12-8-9-17-39(32)38-26-28-42-47(31-38)57-46-21-11-18-40(48(42)46)37-27-29-45-44(30-37)41-19-10-20-43(49(41)56-45)52-54-50(35-15-6-3-7-16-35)53-51(55-52)36-24-22-34(23-25-36)33-13-4-2-5-14-33/h2-11,13-32H,12H2,1H3/t32-/m1/s1. The van der Waals surface area contributed by atoms with E-state index in [1.807, 2.05) is 53.8 Å². The minimum Gasteiger partial charge on any atom is -0.455 e. The van der Waals surface area contributed by atoms with Gasteiger partial charge in [0.2, 0.25) is 0 Å². The molecule has 0 fully saturated rings. The molecule has 0 saturated heterocycles. The topological polar surface area (TPSA) is 51.8 Å². The Balaban J connectivity index is 1.02. The Morgan fingerprint density at radius 1 is 0.509 bits per heavy atom. The number of benzene rings is 7. The van der Waals surface area contributed by atoms with E-state index in [2.05, 4.69) is 140 Å². The first-order valence-electron chi connectivity index (χ1n) is 19.4. The zero-order valence-electron chi connectivity index (χ0n) is 31.2. The highest BCUT2D eigenvalue weighted by molar-refractivity contribution is 7.26. The van der Waals surface area contributed by atoms with E-state index >= 15 is 0 Å². The Bertz CT molecular complexity index is 3210. The van der Waals surface area contributed by atoms with Gasteiger partial charge >= 0.3 is 0 Å². The van der Waals surface area contributed by atoms with Crippen molar-refractivity contribution >= 4 is 59.0 Å². The molecule has 57 heavy (non-hydrogen) atoms. The minimum atomic E-state index is 0.519. The molecule has 0 amide bonds. The molecule has 7 aromatic carbocycles. The number of rotatable bonds is 6. The van der Waals surface area contributed by atoms with Crippen LogP contribution in [0.2, 0.25) is 0 Å². The third-order valence-electron chi connectivity index (χ3n) is 11.2. The number of hydrogen-bond acceptors (Lipinski definition) is 5. The summed E-state index contributed by atoms with van der Waals surface area (Å²) in [6.07, 6.45) is 7.81. The maximum Gasteiger partial charge on any atom is 0.167 e. The zero-order chi connectivity index (χ0) is 37.9. The molecule has 0 spiro atoms. The molecule has 3 heterocycles. The van der Waals surface area contributed by atoms with Crippen molar-refractivity contribution < 1.29 is 4.42 Å². The molecule has 11 rings (SSSR count). The smallest absolute Gasteiger partial charge is 0.167 e. The number of furan rings is 1. The van der Waals surface area contributed by atoms with Crippen LogP contribution in [0.4, 0.5) is 0 Å². The van der Waals surface area contributed by atoms with Gasteiger partial charge in [0.15, 0.2) is 17.5 Å². The van der Waals surface area contributed by atoms with Crippen LogP contribution >= 0.6 is 11.3 Å². The van der Waals surface area contributed by atoms with E-state index < -0.39 is 0 Å². The maximum atomic E-state index is 6.70. The molecule has 0 radical (unpaired) electrons. The highest BCUT2D eigenvalue weighted by Gasteiger charge is 2.20. The summed E-state index contributed by atoms with van der Waals surface area (Å²) in [6.45, 7) is 2.32. The highest BCUT2D eigenvalue weighted by atomic mass is 32.1. The van der Waals surface area contributed by atoms with Crippen LogP contribution in [0.3, 0.4) is 0 Å². The first-order valence-corrected chi connectivity index (χ1v) is 20.2. The largest absolute Gasteiger partial charge is 0.455 e. The van der Waals surface area contributed by atoms with Crippen molar-refractivity contribution in [2.75, 3.05) is 0 Å². The summed E-state index contributed by atoms with van der Waals surface area (Å²) < 4.78 is 9.30. The van der Waals surface area contributed by atoms with Crippen LogP contribution in [-0.2, 0) is 0 Å². The van der Waals surface area contributed by atoms with Gasteiger partial charge in [-0.15, -0.1) is 11.3 Å². The quantitative estimate of drug-likeness (QED) is 0.170. The first kappa shape index (κ1) is 33.4. The fraction of sp³-hybridized carbons (Fsp3) is 0.0577. The summed E-state index contributed by atoms with van der Waals surface area (Å²) in [7, 11) is 0. The lowest BCUT2D eigenvalue weighted by Gasteiger charge is -2.17. The van der Waals surface area contributed by atoms with Gasteiger partial charge in [0.1, 0.15) is 11.2 Å². The average molecular weight is 750 g/mol. The van der Waals surface area contributed by atoms with Crippen molar-refractivity contribution in [1.29, 1.82) is 0 Å². The second kappa shape index (κ2) is 13.7. The SMILES string of the molecule is C[C@@H]1CC=CC=C1c1ccc2c(c1)sc1cccc(-c3ccc4oc5c(-c6nc(-c7ccccc7)nc(-c7ccc(-c8ccccc8)cc7)n6)cccc5c4c3)c12. The molecule has 1 aliphatic carbocycles. The number of allylic oxidation sites excluding steroid dienone is 4. The molecule has 0 N–H and O–H groups in total. The third kappa shape index (κ3) is 5.87. The Kier molecular flexibility index (Phi) is 8.00. The number of aromatic nitrogens is 3. The second-order valence-electron chi connectivity index (χ2n) is 14.8. The van der Waals surface area contributed by atoms with Gasteiger partial charge in [0, 0.05) is 42.1 Å². The Morgan fingerprint density at radius 2 is 1.16 bits per heavy atom. The van der Waals surface area contributed by atoms with Crippen molar-refractivity contribution in [3.63, 3.8) is 0 Å². The number of thiophene rings is 1. The number of hydrogen-bond donors (Lipinski definition) is 0. The Hall–Kier alpha value is -6.95.